The van der Waals surface area contributed by atoms with E-state index < -0.39 is 0 Å². The third-order valence-corrected chi connectivity index (χ3v) is 2.37. The molecular weight excluding hydrogens is 238 g/mol. The van der Waals surface area contributed by atoms with Gasteiger partial charge in [0.1, 0.15) is 0 Å². The largest absolute Gasteiger partial charge is 0.312 e. The molecule has 1 aromatic carbocycles. The minimum Gasteiger partial charge on any atom is -0.312 e. The molecule has 0 unspecified atom stereocenters. The number of rotatable bonds is 3. The van der Waals surface area contributed by atoms with E-state index >= 15 is 0 Å². The van der Waals surface area contributed by atoms with Crippen molar-refractivity contribution >= 4 is 15.9 Å². The molecule has 0 aromatic heterocycles. The van der Waals surface area contributed by atoms with Crippen LogP contribution in [-0.4, -0.2) is 6.54 Å². The highest BCUT2D eigenvalue weighted by Crippen LogP contribution is 2.13. The van der Waals surface area contributed by atoms with E-state index in [0.717, 1.165) is 17.6 Å². The van der Waals surface area contributed by atoms with Gasteiger partial charge in [-0.05, 0) is 23.1 Å². The Hall–Kier alpha value is -0.340. The molecule has 0 fully saturated rings. The zero-order chi connectivity index (χ0) is 10.6. The van der Waals surface area contributed by atoms with Crippen LogP contribution >= 0.6 is 15.9 Å². The molecule has 0 atom stereocenters. The summed E-state index contributed by atoms with van der Waals surface area (Å²) in [6.45, 7) is 8.69. The van der Waals surface area contributed by atoms with Crippen LogP contribution in [0.4, 0.5) is 0 Å². The molecule has 1 N–H and O–H groups in total. The second-order valence-electron chi connectivity index (χ2n) is 4.79. The summed E-state index contributed by atoms with van der Waals surface area (Å²) in [5, 5.41) is 3.45. The van der Waals surface area contributed by atoms with Gasteiger partial charge in [0.15, 0.2) is 0 Å². The molecule has 0 saturated carbocycles. The predicted molar refractivity (Wildman–Crippen MR) is 65.3 cm³/mol. The van der Waals surface area contributed by atoms with E-state index in [9.17, 15) is 0 Å². The van der Waals surface area contributed by atoms with Gasteiger partial charge in [-0.15, -0.1) is 0 Å². The van der Waals surface area contributed by atoms with Gasteiger partial charge in [-0.25, -0.2) is 0 Å². The maximum atomic E-state index is 3.47. The summed E-state index contributed by atoms with van der Waals surface area (Å²) in [5.74, 6) is 0. The van der Waals surface area contributed by atoms with Gasteiger partial charge < -0.3 is 5.32 Å². The number of benzene rings is 1. The first kappa shape index (κ1) is 11.7. The summed E-state index contributed by atoms with van der Waals surface area (Å²) in [4.78, 5) is 0. The van der Waals surface area contributed by atoms with Crippen molar-refractivity contribution in [3.05, 3.63) is 34.3 Å². The van der Waals surface area contributed by atoms with Crippen LogP contribution in [0.5, 0.6) is 0 Å². The SMILES string of the molecule is CC(C)(C)CNCc1cccc(Br)c1. The van der Waals surface area contributed by atoms with Gasteiger partial charge in [-0.1, -0.05) is 48.8 Å². The zero-order valence-electron chi connectivity index (χ0n) is 9.10. The Morgan fingerprint density at radius 3 is 2.57 bits per heavy atom. The first-order valence-corrected chi connectivity index (χ1v) is 5.72. The predicted octanol–water partition coefficient (Wildman–Crippen LogP) is 3.58. The maximum Gasteiger partial charge on any atom is 0.0206 e. The van der Waals surface area contributed by atoms with E-state index in [0.29, 0.717) is 5.41 Å². The molecule has 0 aliphatic rings. The van der Waals surface area contributed by atoms with Gasteiger partial charge in [0.2, 0.25) is 0 Å². The number of hydrogen-bond donors (Lipinski definition) is 1. The first-order chi connectivity index (χ1) is 6.47. The molecule has 0 bridgehead atoms. The lowest BCUT2D eigenvalue weighted by atomic mass is 9.97. The molecule has 0 saturated heterocycles. The van der Waals surface area contributed by atoms with Crippen LogP contribution in [0.1, 0.15) is 26.3 Å². The molecule has 0 amide bonds. The molecular formula is C12H18BrN. The average Bonchev–Trinajstić information content (AvgIpc) is 2.01. The van der Waals surface area contributed by atoms with Crippen LogP contribution < -0.4 is 5.32 Å². The van der Waals surface area contributed by atoms with Gasteiger partial charge in [0.25, 0.3) is 0 Å². The van der Waals surface area contributed by atoms with Crippen molar-refractivity contribution in [2.24, 2.45) is 5.41 Å². The third-order valence-electron chi connectivity index (χ3n) is 1.87. The molecule has 0 heterocycles. The summed E-state index contributed by atoms with van der Waals surface area (Å²) in [7, 11) is 0. The molecule has 78 valence electrons. The van der Waals surface area contributed by atoms with Crippen molar-refractivity contribution < 1.29 is 0 Å². The highest BCUT2D eigenvalue weighted by molar-refractivity contribution is 9.10. The van der Waals surface area contributed by atoms with Crippen LogP contribution in [0, 0.1) is 5.41 Å². The average molecular weight is 256 g/mol. The molecule has 0 radical (unpaired) electrons. The normalized spacial score (nSPS) is 11.7. The topological polar surface area (TPSA) is 12.0 Å². The van der Waals surface area contributed by atoms with Gasteiger partial charge >= 0.3 is 0 Å². The molecule has 0 spiro atoms. The summed E-state index contributed by atoms with van der Waals surface area (Å²) >= 11 is 3.47. The summed E-state index contributed by atoms with van der Waals surface area (Å²) in [6, 6.07) is 8.40. The molecule has 1 nitrogen and oxygen atoms in total. The Balaban J connectivity index is 2.39. The Bertz CT molecular complexity index is 289. The summed E-state index contributed by atoms with van der Waals surface area (Å²) in [6.07, 6.45) is 0. The van der Waals surface area contributed by atoms with E-state index in [1.54, 1.807) is 0 Å². The Morgan fingerprint density at radius 2 is 2.00 bits per heavy atom. The van der Waals surface area contributed by atoms with Gasteiger partial charge in [0.05, 0.1) is 0 Å². The standard InChI is InChI=1S/C12H18BrN/c1-12(2,3)9-14-8-10-5-4-6-11(13)7-10/h4-7,14H,8-9H2,1-3H3. The van der Waals surface area contributed by atoms with Crippen LogP contribution in [0.25, 0.3) is 0 Å². The van der Waals surface area contributed by atoms with Crippen molar-refractivity contribution in [3.63, 3.8) is 0 Å². The second-order valence-corrected chi connectivity index (χ2v) is 5.71. The smallest absolute Gasteiger partial charge is 0.0206 e. The molecule has 0 aliphatic carbocycles. The lowest BCUT2D eigenvalue weighted by molar-refractivity contribution is 0.379. The van der Waals surface area contributed by atoms with Crippen molar-refractivity contribution in [2.75, 3.05) is 6.54 Å². The fraction of sp³-hybridized carbons (Fsp3) is 0.500. The van der Waals surface area contributed by atoms with Crippen LogP contribution in [0.15, 0.2) is 28.7 Å². The first-order valence-electron chi connectivity index (χ1n) is 4.92. The van der Waals surface area contributed by atoms with E-state index in [2.05, 4.69) is 60.2 Å². The fourth-order valence-electron chi connectivity index (χ4n) is 1.23. The Kier molecular flexibility index (Phi) is 4.14. The number of halogens is 1. The Morgan fingerprint density at radius 1 is 1.29 bits per heavy atom. The number of nitrogens with one attached hydrogen (secondary N) is 1. The molecule has 2 heteroatoms. The second kappa shape index (κ2) is 4.94. The molecule has 14 heavy (non-hydrogen) atoms. The minimum absolute atomic E-state index is 0.353. The van der Waals surface area contributed by atoms with E-state index in [4.69, 9.17) is 0 Å². The third kappa shape index (κ3) is 4.77. The van der Waals surface area contributed by atoms with Crippen LogP contribution in [-0.2, 0) is 6.54 Å². The van der Waals surface area contributed by atoms with Crippen molar-refractivity contribution in [3.8, 4) is 0 Å². The van der Waals surface area contributed by atoms with Crippen LogP contribution in [0.3, 0.4) is 0 Å². The summed E-state index contributed by atoms with van der Waals surface area (Å²) in [5.41, 5.74) is 1.68. The van der Waals surface area contributed by atoms with Crippen molar-refractivity contribution in [2.45, 2.75) is 27.3 Å². The fourth-order valence-corrected chi connectivity index (χ4v) is 1.68. The number of hydrogen-bond acceptors (Lipinski definition) is 1. The molecule has 0 aliphatic heterocycles. The molecule has 1 rings (SSSR count). The van der Waals surface area contributed by atoms with Gasteiger partial charge in [0, 0.05) is 17.6 Å². The van der Waals surface area contributed by atoms with Crippen molar-refractivity contribution in [1.82, 2.24) is 5.32 Å². The highest BCUT2D eigenvalue weighted by atomic mass is 79.9. The highest BCUT2D eigenvalue weighted by Gasteiger charge is 2.08. The monoisotopic (exact) mass is 255 g/mol. The minimum atomic E-state index is 0.353. The van der Waals surface area contributed by atoms with E-state index in [1.807, 2.05) is 6.07 Å². The summed E-state index contributed by atoms with van der Waals surface area (Å²) < 4.78 is 1.15. The lowest BCUT2D eigenvalue weighted by Gasteiger charge is -2.18. The maximum absolute atomic E-state index is 3.47. The van der Waals surface area contributed by atoms with E-state index in [-0.39, 0.29) is 0 Å². The lowest BCUT2D eigenvalue weighted by Crippen LogP contribution is -2.26. The quantitative estimate of drug-likeness (QED) is 0.871. The van der Waals surface area contributed by atoms with Gasteiger partial charge in [-0.3, -0.25) is 0 Å². The zero-order valence-corrected chi connectivity index (χ0v) is 10.7. The molecule has 1 aromatic rings. The van der Waals surface area contributed by atoms with Crippen LogP contribution in [0.2, 0.25) is 0 Å². The Labute approximate surface area is 95.0 Å². The van der Waals surface area contributed by atoms with Crippen molar-refractivity contribution in [1.29, 1.82) is 0 Å². The van der Waals surface area contributed by atoms with E-state index in [1.165, 1.54) is 5.56 Å². The van der Waals surface area contributed by atoms with Gasteiger partial charge in [-0.2, -0.15) is 0 Å².